The van der Waals surface area contributed by atoms with E-state index in [2.05, 4.69) is 19.9 Å². The SMILES string of the molecule is CC(C)OP(=O)(COCCn1cnc2c(N=C(N)N)nc(N)nc21)OC(C)C. The number of guanidine groups is 1. The summed E-state index contributed by atoms with van der Waals surface area (Å²) in [6, 6.07) is 0. The van der Waals surface area contributed by atoms with Gasteiger partial charge in [-0.05, 0) is 27.7 Å². The Morgan fingerprint density at radius 3 is 2.43 bits per heavy atom. The molecule has 0 aliphatic rings. The maximum Gasteiger partial charge on any atom is 0.356 e. The van der Waals surface area contributed by atoms with Gasteiger partial charge in [0.05, 0.1) is 25.1 Å². The molecule has 0 fully saturated rings. The summed E-state index contributed by atoms with van der Waals surface area (Å²) in [5, 5.41) is 0. The Hall–Kier alpha value is -2.27. The zero-order chi connectivity index (χ0) is 20.9. The molecule has 2 aromatic heterocycles. The van der Waals surface area contributed by atoms with Crippen molar-refractivity contribution in [2.45, 2.75) is 46.4 Å². The summed E-state index contributed by atoms with van der Waals surface area (Å²) in [6.07, 6.45) is 0.883. The first-order valence-electron chi connectivity index (χ1n) is 8.71. The smallest absolute Gasteiger partial charge is 0.356 e. The zero-order valence-electron chi connectivity index (χ0n) is 16.4. The van der Waals surface area contributed by atoms with Gasteiger partial charge in [0.2, 0.25) is 5.95 Å². The number of anilines is 1. The molecule has 0 unspecified atom stereocenters. The quantitative estimate of drug-likeness (QED) is 0.222. The third-order valence-corrected chi connectivity index (χ3v) is 5.15. The van der Waals surface area contributed by atoms with E-state index in [0.29, 0.717) is 17.7 Å². The van der Waals surface area contributed by atoms with Gasteiger partial charge < -0.3 is 35.6 Å². The molecule has 0 radical (unpaired) electrons. The molecule has 6 N–H and O–H groups in total. The first-order valence-corrected chi connectivity index (χ1v) is 10.4. The minimum absolute atomic E-state index is 0.00957. The van der Waals surface area contributed by atoms with Crippen molar-refractivity contribution in [2.75, 3.05) is 18.7 Å². The van der Waals surface area contributed by atoms with Crippen LogP contribution in [0, 0.1) is 0 Å². The standard InChI is InChI=1S/C15H27N8O4P/c1-9(2)26-28(24,27-10(3)4)8-25-6-5-23-7-19-11-12(20-14(16)17)21-15(18)22-13(11)23/h7,9-10H,5-6,8H2,1-4H3,(H6,16,17,18,20,21,22). The Kier molecular flexibility index (Phi) is 7.30. The van der Waals surface area contributed by atoms with E-state index in [4.69, 9.17) is 31.0 Å². The number of nitrogens with zero attached hydrogens (tertiary/aromatic N) is 5. The Morgan fingerprint density at radius 1 is 1.21 bits per heavy atom. The van der Waals surface area contributed by atoms with Crippen LogP contribution in [0.1, 0.15) is 27.7 Å². The summed E-state index contributed by atoms with van der Waals surface area (Å²) >= 11 is 0. The molecular weight excluding hydrogens is 387 g/mol. The summed E-state index contributed by atoms with van der Waals surface area (Å²) in [4.78, 5) is 16.3. The second-order valence-electron chi connectivity index (χ2n) is 6.51. The number of nitrogens with two attached hydrogens (primary N) is 3. The number of ether oxygens (including phenoxy) is 1. The number of fused-ring (bicyclic) bond motifs is 1. The van der Waals surface area contributed by atoms with Gasteiger partial charge in [-0.15, -0.1) is 0 Å². The molecular formula is C15H27N8O4P. The molecule has 2 rings (SSSR count). The van der Waals surface area contributed by atoms with Crippen molar-refractivity contribution in [3.63, 3.8) is 0 Å². The molecule has 12 nitrogen and oxygen atoms in total. The predicted molar refractivity (Wildman–Crippen MR) is 106 cm³/mol. The van der Waals surface area contributed by atoms with Crippen LogP contribution in [0.5, 0.6) is 0 Å². The molecule has 0 saturated heterocycles. The molecule has 0 bridgehead atoms. The van der Waals surface area contributed by atoms with Crippen molar-refractivity contribution in [2.24, 2.45) is 16.5 Å². The lowest BCUT2D eigenvalue weighted by Crippen LogP contribution is -2.22. The second-order valence-corrected chi connectivity index (χ2v) is 8.41. The fourth-order valence-corrected chi connectivity index (χ4v) is 4.19. The van der Waals surface area contributed by atoms with Gasteiger partial charge in [-0.1, -0.05) is 0 Å². The number of aliphatic imine (C=N–C) groups is 1. The van der Waals surface area contributed by atoms with Gasteiger partial charge >= 0.3 is 7.60 Å². The summed E-state index contributed by atoms with van der Waals surface area (Å²) in [5.74, 6) is 0.0287. The molecule has 0 aromatic carbocycles. The van der Waals surface area contributed by atoms with E-state index in [9.17, 15) is 4.57 Å². The van der Waals surface area contributed by atoms with Gasteiger partial charge in [-0.25, -0.2) is 4.98 Å². The molecule has 0 atom stereocenters. The zero-order valence-corrected chi connectivity index (χ0v) is 17.3. The van der Waals surface area contributed by atoms with Crippen LogP contribution in [0.3, 0.4) is 0 Å². The van der Waals surface area contributed by atoms with E-state index >= 15 is 0 Å². The Bertz CT molecular complexity index is 864. The highest BCUT2D eigenvalue weighted by Gasteiger charge is 2.28. The highest BCUT2D eigenvalue weighted by molar-refractivity contribution is 7.53. The normalized spacial score (nSPS) is 12.2. The summed E-state index contributed by atoms with van der Waals surface area (Å²) in [5.41, 5.74) is 17.4. The van der Waals surface area contributed by atoms with Crippen LogP contribution >= 0.6 is 7.60 Å². The highest BCUT2D eigenvalue weighted by atomic mass is 31.2. The topological polar surface area (TPSA) is 179 Å². The minimum atomic E-state index is -3.36. The Labute approximate surface area is 163 Å². The van der Waals surface area contributed by atoms with Crippen LogP contribution in [0.2, 0.25) is 0 Å². The van der Waals surface area contributed by atoms with Crippen molar-refractivity contribution >= 4 is 36.5 Å². The van der Waals surface area contributed by atoms with Crippen molar-refractivity contribution in [3.8, 4) is 0 Å². The average molecular weight is 414 g/mol. The van der Waals surface area contributed by atoms with Crippen LogP contribution < -0.4 is 17.2 Å². The van der Waals surface area contributed by atoms with Crippen molar-refractivity contribution in [3.05, 3.63) is 6.33 Å². The van der Waals surface area contributed by atoms with E-state index in [1.54, 1.807) is 38.6 Å². The van der Waals surface area contributed by atoms with E-state index in [1.807, 2.05) is 0 Å². The third-order valence-electron chi connectivity index (χ3n) is 3.17. The number of aromatic nitrogens is 4. The van der Waals surface area contributed by atoms with Gasteiger partial charge in [-0.3, -0.25) is 4.57 Å². The predicted octanol–water partition coefficient (Wildman–Crippen LogP) is 1.33. The van der Waals surface area contributed by atoms with Gasteiger partial charge in [0.1, 0.15) is 6.35 Å². The summed E-state index contributed by atoms with van der Waals surface area (Å²) in [6.45, 7) is 7.73. The Balaban J connectivity index is 2.07. The monoisotopic (exact) mass is 414 g/mol. The van der Waals surface area contributed by atoms with Crippen LogP contribution in [-0.2, 0) is 24.9 Å². The molecule has 0 aliphatic heterocycles. The molecule has 28 heavy (non-hydrogen) atoms. The fraction of sp³-hybridized carbons (Fsp3) is 0.600. The molecule has 13 heteroatoms. The van der Waals surface area contributed by atoms with Gasteiger partial charge in [0.15, 0.2) is 22.9 Å². The van der Waals surface area contributed by atoms with Crippen LogP contribution in [0.25, 0.3) is 11.2 Å². The molecule has 0 saturated carbocycles. The number of imidazole rings is 1. The van der Waals surface area contributed by atoms with E-state index < -0.39 is 7.60 Å². The number of nitrogen functional groups attached to an aromatic ring is 1. The van der Waals surface area contributed by atoms with Crippen molar-refractivity contribution in [1.29, 1.82) is 0 Å². The van der Waals surface area contributed by atoms with Gasteiger partial charge in [-0.2, -0.15) is 15.0 Å². The largest absolute Gasteiger partial charge is 0.370 e. The maximum absolute atomic E-state index is 12.7. The van der Waals surface area contributed by atoms with E-state index in [0.717, 1.165) is 0 Å². The molecule has 0 aliphatic carbocycles. The van der Waals surface area contributed by atoms with Crippen LogP contribution in [0.15, 0.2) is 11.3 Å². The average Bonchev–Trinajstić information content (AvgIpc) is 2.92. The first kappa shape index (κ1) is 22.0. The first-order chi connectivity index (χ1) is 13.1. The lowest BCUT2D eigenvalue weighted by Gasteiger charge is -2.22. The number of hydrogen-bond donors (Lipinski definition) is 3. The molecule has 156 valence electrons. The van der Waals surface area contributed by atoms with Crippen LogP contribution in [0.4, 0.5) is 11.8 Å². The van der Waals surface area contributed by atoms with Crippen LogP contribution in [-0.4, -0.2) is 50.6 Å². The fourth-order valence-electron chi connectivity index (χ4n) is 2.38. The molecule has 0 amide bonds. The lowest BCUT2D eigenvalue weighted by molar-refractivity contribution is 0.0961. The van der Waals surface area contributed by atoms with E-state index in [-0.39, 0.29) is 42.9 Å². The highest BCUT2D eigenvalue weighted by Crippen LogP contribution is 2.50. The summed E-state index contributed by atoms with van der Waals surface area (Å²) in [7, 11) is -3.36. The summed E-state index contributed by atoms with van der Waals surface area (Å²) < 4.78 is 30.9. The minimum Gasteiger partial charge on any atom is -0.370 e. The lowest BCUT2D eigenvalue weighted by atomic mass is 10.5. The molecule has 0 spiro atoms. The Morgan fingerprint density at radius 2 is 1.86 bits per heavy atom. The number of hydrogen-bond acceptors (Lipinski definition) is 9. The third kappa shape index (κ3) is 6.13. The molecule has 2 heterocycles. The van der Waals surface area contributed by atoms with Crippen molar-refractivity contribution < 1.29 is 18.3 Å². The number of rotatable bonds is 10. The second kappa shape index (κ2) is 9.28. The van der Waals surface area contributed by atoms with Gasteiger partial charge in [0.25, 0.3) is 0 Å². The van der Waals surface area contributed by atoms with Gasteiger partial charge in [0, 0.05) is 6.54 Å². The molecule has 2 aromatic rings. The van der Waals surface area contributed by atoms with Crippen molar-refractivity contribution in [1.82, 2.24) is 19.5 Å². The maximum atomic E-state index is 12.7. The van der Waals surface area contributed by atoms with E-state index in [1.165, 1.54) is 0 Å².